The van der Waals surface area contributed by atoms with Crippen molar-refractivity contribution in [2.45, 2.75) is 72.3 Å². The summed E-state index contributed by atoms with van der Waals surface area (Å²) >= 11 is 2.19. The Morgan fingerprint density at radius 3 is 1.58 bits per heavy atom. The van der Waals surface area contributed by atoms with Crippen LogP contribution < -0.4 is 4.75 Å². The summed E-state index contributed by atoms with van der Waals surface area (Å²) in [5, 5.41) is 0. The number of hydrogen-bond donors (Lipinski definition) is 1. The molecule has 0 aliphatic rings. The first-order valence-electron chi connectivity index (χ1n) is 7.30. The van der Waals surface area contributed by atoms with E-state index in [9.17, 15) is 0 Å². The summed E-state index contributed by atoms with van der Waals surface area (Å²) < 4.78 is 7.05. The molecule has 0 saturated carbocycles. The zero-order valence-corrected chi connectivity index (χ0v) is 19.4. The van der Waals surface area contributed by atoms with Crippen molar-refractivity contribution >= 4 is 43.5 Å². The van der Waals surface area contributed by atoms with Gasteiger partial charge in [0.15, 0.2) is 0 Å². The van der Waals surface area contributed by atoms with E-state index in [1.54, 1.807) is 0 Å². The molecule has 0 saturated heterocycles. The van der Waals surface area contributed by atoms with E-state index in [-0.39, 0.29) is 7.42 Å². The Balaban J connectivity index is 5.25. The number of hydrogen-bond acceptors (Lipinski definition) is 3. The van der Waals surface area contributed by atoms with Crippen molar-refractivity contribution in [3.63, 3.8) is 0 Å². The Hall–Kier alpha value is 1.35. The van der Waals surface area contributed by atoms with E-state index in [2.05, 4.69) is 86.0 Å². The highest BCUT2D eigenvalue weighted by atomic mass is 32.7. The van der Waals surface area contributed by atoms with Crippen molar-refractivity contribution in [2.24, 2.45) is 0 Å². The summed E-state index contributed by atoms with van der Waals surface area (Å²) in [6.07, 6.45) is 1.28. The molecule has 19 heavy (non-hydrogen) atoms. The van der Waals surface area contributed by atoms with Crippen LogP contribution >= 0.6 is 18.8 Å². The third-order valence-electron chi connectivity index (χ3n) is 2.30. The van der Waals surface area contributed by atoms with Gasteiger partial charge in [-0.25, -0.2) is 0 Å². The van der Waals surface area contributed by atoms with Crippen LogP contribution in [0.5, 0.6) is 0 Å². The first-order chi connectivity index (χ1) is 8.29. The zero-order chi connectivity index (χ0) is 15.5. The largest absolute Gasteiger partial charge is 0.305 e. The fraction of sp³-hybridized carbons (Fsp3) is 1.00. The molecule has 0 amide bonds. The van der Waals surface area contributed by atoms with Gasteiger partial charge in [0.2, 0.25) is 0 Å². The third-order valence-corrected chi connectivity index (χ3v) is 21.8. The fourth-order valence-electron chi connectivity index (χ4n) is 2.16. The van der Waals surface area contributed by atoms with Crippen LogP contribution in [-0.2, 0) is 0 Å². The molecule has 1 unspecified atom stereocenters. The van der Waals surface area contributed by atoms with E-state index < -0.39 is 24.7 Å². The smallest absolute Gasteiger partial charge is 0.122 e. The Labute approximate surface area is 130 Å². The van der Waals surface area contributed by atoms with Crippen molar-refractivity contribution < 1.29 is 0 Å². The molecule has 1 N–H and O–H groups in total. The van der Waals surface area contributed by atoms with Crippen molar-refractivity contribution in [3.8, 4) is 0 Å². The lowest BCUT2D eigenvalue weighted by atomic mass is 10.6. The quantitative estimate of drug-likeness (QED) is 0.441. The molecule has 2 nitrogen and oxygen atoms in total. The Kier molecular flexibility index (Phi) is 8.10. The molecule has 0 spiro atoms. The van der Waals surface area contributed by atoms with Gasteiger partial charge in [-0.1, -0.05) is 65.8 Å². The highest BCUT2D eigenvalue weighted by molar-refractivity contribution is 8.55. The van der Waals surface area contributed by atoms with E-state index in [1.807, 2.05) is 0 Å². The molecule has 116 valence electrons. The summed E-state index contributed by atoms with van der Waals surface area (Å²) in [5.41, 5.74) is 0. The molecule has 0 fully saturated rings. The molecular formula is C12H35N2PSSi3. The van der Waals surface area contributed by atoms with Crippen LogP contribution in [0, 0.1) is 0 Å². The predicted molar refractivity (Wildman–Crippen MR) is 105 cm³/mol. The lowest BCUT2D eigenvalue weighted by Crippen LogP contribution is -2.58. The standard InChI is InChI=1S/C12H35N2PSSi3/c1-11-12-16-15(13-17(2,3)4)14(18(5,6)7)19(8,9)10/h13H,11-12H2,1-10H3. The minimum absolute atomic E-state index is 0.209. The van der Waals surface area contributed by atoms with E-state index in [0.717, 1.165) is 0 Å². The molecule has 1 atom stereocenters. The van der Waals surface area contributed by atoms with Crippen LogP contribution in [0.3, 0.4) is 0 Å². The Morgan fingerprint density at radius 2 is 1.32 bits per heavy atom. The van der Waals surface area contributed by atoms with Crippen LogP contribution in [-0.4, -0.2) is 34.5 Å². The van der Waals surface area contributed by atoms with Crippen molar-refractivity contribution in [2.75, 3.05) is 5.75 Å². The Morgan fingerprint density at radius 1 is 0.895 bits per heavy atom. The summed E-state index contributed by atoms with van der Waals surface area (Å²) in [5.74, 6) is 1.29. The molecule has 7 heteroatoms. The summed E-state index contributed by atoms with van der Waals surface area (Å²) in [4.78, 5) is 0. The molecule has 0 aromatic rings. The van der Waals surface area contributed by atoms with Crippen molar-refractivity contribution in [1.82, 2.24) is 8.75 Å². The van der Waals surface area contributed by atoms with Gasteiger partial charge >= 0.3 is 0 Å². The van der Waals surface area contributed by atoms with Crippen LogP contribution in [0.4, 0.5) is 0 Å². The third kappa shape index (κ3) is 8.39. The van der Waals surface area contributed by atoms with Gasteiger partial charge in [-0.3, -0.25) is 4.75 Å². The van der Waals surface area contributed by atoms with Crippen LogP contribution in [0.25, 0.3) is 0 Å². The highest BCUT2D eigenvalue weighted by Gasteiger charge is 2.41. The molecular weight excluding hydrogens is 319 g/mol. The van der Waals surface area contributed by atoms with Crippen molar-refractivity contribution in [1.29, 1.82) is 0 Å². The number of nitrogens with zero attached hydrogens (tertiary/aromatic N) is 1. The topological polar surface area (TPSA) is 15.3 Å². The second-order valence-corrected chi connectivity index (χ2v) is 27.7. The molecule has 0 aromatic carbocycles. The zero-order valence-electron chi connectivity index (χ0n) is 14.7. The van der Waals surface area contributed by atoms with Gasteiger partial charge in [-0.15, -0.1) is 11.4 Å². The molecule has 0 bridgehead atoms. The van der Waals surface area contributed by atoms with E-state index in [4.69, 9.17) is 0 Å². The van der Waals surface area contributed by atoms with Gasteiger partial charge in [0.1, 0.15) is 24.7 Å². The first-order valence-corrected chi connectivity index (χ1v) is 20.6. The maximum atomic E-state index is 4.07. The minimum atomic E-state index is -1.27. The van der Waals surface area contributed by atoms with Gasteiger partial charge in [0.05, 0.1) is 7.42 Å². The average molecular weight is 355 g/mol. The molecule has 0 heterocycles. The maximum absolute atomic E-state index is 4.07. The number of rotatable bonds is 8. The Bertz CT molecular complexity index is 258. The maximum Gasteiger partial charge on any atom is 0.122 e. The van der Waals surface area contributed by atoms with E-state index >= 15 is 0 Å². The molecule has 0 aromatic heterocycles. The molecule has 0 radical (unpaired) electrons. The molecule has 0 rings (SSSR count). The van der Waals surface area contributed by atoms with Gasteiger partial charge in [-0.05, 0) is 12.2 Å². The van der Waals surface area contributed by atoms with Gasteiger partial charge in [0, 0.05) is 0 Å². The second kappa shape index (κ2) is 7.56. The van der Waals surface area contributed by atoms with Crippen LogP contribution in [0.15, 0.2) is 0 Å². The fourth-order valence-corrected chi connectivity index (χ4v) is 28.8. The lowest BCUT2D eigenvalue weighted by Gasteiger charge is -2.49. The number of nitrogens with one attached hydrogen (secondary N) is 1. The lowest BCUT2D eigenvalue weighted by molar-refractivity contribution is 0.969. The monoisotopic (exact) mass is 354 g/mol. The van der Waals surface area contributed by atoms with E-state index in [0.29, 0.717) is 0 Å². The van der Waals surface area contributed by atoms with Gasteiger partial charge in [0.25, 0.3) is 0 Å². The first kappa shape index (κ1) is 20.4. The van der Waals surface area contributed by atoms with Crippen LogP contribution in [0.1, 0.15) is 13.3 Å². The van der Waals surface area contributed by atoms with E-state index in [1.165, 1.54) is 12.2 Å². The average Bonchev–Trinajstić information content (AvgIpc) is 2.06. The predicted octanol–water partition coefficient (Wildman–Crippen LogP) is 5.75. The van der Waals surface area contributed by atoms with Gasteiger partial charge in [-0.2, -0.15) is 0 Å². The SMILES string of the molecule is CCCSP(N[Si](C)(C)C)N([Si](C)(C)C)[Si](C)(C)C. The normalized spacial score (nSPS) is 15.9. The highest BCUT2D eigenvalue weighted by Crippen LogP contribution is 2.55. The van der Waals surface area contributed by atoms with Crippen molar-refractivity contribution in [3.05, 3.63) is 0 Å². The summed E-state index contributed by atoms with van der Waals surface area (Å²) in [6.45, 7) is 24.7. The summed E-state index contributed by atoms with van der Waals surface area (Å²) in [6, 6.07) is 0. The molecule has 0 aliphatic heterocycles. The van der Waals surface area contributed by atoms with Crippen LogP contribution in [0.2, 0.25) is 58.9 Å². The second-order valence-electron chi connectivity index (χ2n) is 8.12. The molecule has 0 aliphatic carbocycles. The minimum Gasteiger partial charge on any atom is -0.305 e. The van der Waals surface area contributed by atoms with Gasteiger partial charge < -0.3 is 4.00 Å². The summed E-state index contributed by atoms with van der Waals surface area (Å²) in [7, 11) is -3.98.